The monoisotopic (exact) mass is 402 g/mol. The highest BCUT2D eigenvalue weighted by Crippen LogP contribution is 2.45. The molecule has 2 aromatic carbocycles. The quantitative estimate of drug-likeness (QED) is 0.359. The van der Waals surface area contributed by atoms with Gasteiger partial charge in [0.05, 0.1) is 33.0 Å². The Labute approximate surface area is 168 Å². The van der Waals surface area contributed by atoms with Crippen LogP contribution in [0.5, 0.6) is 17.2 Å². The Bertz CT molecular complexity index is 906. The summed E-state index contributed by atoms with van der Waals surface area (Å²) >= 11 is 0. The van der Waals surface area contributed by atoms with Gasteiger partial charge in [-0.1, -0.05) is 6.07 Å². The van der Waals surface area contributed by atoms with Crippen molar-refractivity contribution in [1.29, 1.82) is 0 Å². The van der Waals surface area contributed by atoms with Gasteiger partial charge in [-0.2, -0.15) is 0 Å². The lowest BCUT2D eigenvalue weighted by Crippen LogP contribution is -2.18. The number of carbonyl (C=O) groups excluding carboxylic acids is 2. The summed E-state index contributed by atoms with van der Waals surface area (Å²) in [6.45, 7) is 0.608. The summed E-state index contributed by atoms with van der Waals surface area (Å²) in [4.78, 5) is 24.0. The standard InChI is InChI=1S/C21H22O8/c1-24-8-9-27-12-18(22)29-19-15(6-7-17(25-2)20(19)26-3)13-4-5-16-14(10-13)11-28-21(16)23/h4-7,10H,8-9,11-12H2,1-3H3. The second-order valence-electron chi connectivity index (χ2n) is 6.15. The average Bonchev–Trinajstić information content (AvgIpc) is 3.11. The molecule has 154 valence electrons. The minimum atomic E-state index is -0.589. The maximum atomic E-state index is 12.3. The molecule has 0 atom stereocenters. The number of methoxy groups -OCH3 is 3. The molecule has 29 heavy (non-hydrogen) atoms. The number of hydrogen-bond donors (Lipinski definition) is 0. The minimum Gasteiger partial charge on any atom is -0.493 e. The number of fused-ring (bicyclic) bond motifs is 1. The molecule has 0 amide bonds. The molecule has 0 fully saturated rings. The Hall–Kier alpha value is -3.10. The van der Waals surface area contributed by atoms with Gasteiger partial charge in [-0.05, 0) is 29.8 Å². The molecule has 0 saturated carbocycles. The zero-order valence-electron chi connectivity index (χ0n) is 16.5. The van der Waals surface area contributed by atoms with Crippen LogP contribution in [0.1, 0.15) is 15.9 Å². The number of hydrogen-bond acceptors (Lipinski definition) is 8. The molecule has 3 rings (SSSR count). The van der Waals surface area contributed by atoms with E-state index >= 15 is 0 Å². The first kappa shape index (κ1) is 20.6. The van der Waals surface area contributed by atoms with E-state index in [4.69, 9.17) is 28.4 Å². The predicted octanol–water partition coefficient (Wildman–Crippen LogP) is 2.61. The van der Waals surface area contributed by atoms with Gasteiger partial charge >= 0.3 is 11.9 Å². The minimum absolute atomic E-state index is 0.206. The Kier molecular flexibility index (Phi) is 6.69. The van der Waals surface area contributed by atoms with Crippen LogP contribution in [0.2, 0.25) is 0 Å². The third-order valence-electron chi connectivity index (χ3n) is 4.36. The largest absolute Gasteiger partial charge is 0.493 e. The third kappa shape index (κ3) is 4.49. The summed E-state index contributed by atoms with van der Waals surface area (Å²) in [5.74, 6) is -0.0354. The molecule has 0 spiro atoms. The van der Waals surface area contributed by atoms with Crippen molar-refractivity contribution in [3.8, 4) is 28.4 Å². The van der Waals surface area contributed by atoms with E-state index in [9.17, 15) is 9.59 Å². The first-order valence-corrected chi connectivity index (χ1v) is 8.91. The van der Waals surface area contributed by atoms with Crippen molar-refractivity contribution in [2.75, 3.05) is 41.2 Å². The van der Waals surface area contributed by atoms with E-state index in [2.05, 4.69) is 0 Å². The maximum absolute atomic E-state index is 12.3. The lowest BCUT2D eigenvalue weighted by atomic mass is 9.99. The van der Waals surface area contributed by atoms with Crippen LogP contribution in [0, 0.1) is 0 Å². The highest BCUT2D eigenvalue weighted by atomic mass is 16.6. The van der Waals surface area contributed by atoms with E-state index in [1.165, 1.54) is 14.2 Å². The molecule has 1 aliphatic heterocycles. The van der Waals surface area contributed by atoms with E-state index < -0.39 is 5.97 Å². The summed E-state index contributed by atoms with van der Waals surface area (Å²) in [7, 11) is 4.50. The van der Waals surface area contributed by atoms with Crippen molar-refractivity contribution in [2.45, 2.75) is 6.61 Å². The van der Waals surface area contributed by atoms with Crippen LogP contribution in [-0.2, 0) is 25.6 Å². The Morgan fingerprint density at radius 3 is 2.52 bits per heavy atom. The fourth-order valence-corrected chi connectivity index (χ4v) is 2.97. The number of benzene rings is 2. The number of carbonyl (C=O) groups is 2. The SMILES string of the molecule is COCCOCC(=O)Oc1c(-c2ccc3c(c2)COC3=O)ccc(OC)c1OC. The number of cyclic esters (lactones) is 1. The van der Waals surface area contributed by atoms with Gasteiger partial charge in [0.15, 0.2) is 11.5 Å². The van der Waals surface area contributed by atoms with Gasteiger partial charge in [0.25, 0.3) is 0 Å². The van der Waals surface area contributed by atoms with Crippen molar-refractivity contribution in [1.82, 2.24) is 0 Å². The Morgan fingerprint density at radius 2 is 1.79 bits per heavy atom. The van der Waals surface area contributed by atoms with Gasteiger partial charge in [-0.25, -0.2) is 9.59 Å². The van der Waals surface area contributed by atoms with Crippen molar-refractivity contribution < 1.29 is 38.0 Å². The molecule has 0 aliphatic carbocycles. The summed E-state index contributed by atoms with van der Waals surface area (Å²) < 4.78 is 31.5. The molecule has 0 saturated heterocycles. The molecule has 0 bridgehead atoms. The summed E-state index contributed by atoms with van der Waals surface area (Å²) in [6.07, 6.45) is 0. The number of esters is 2. The molecule has 1 heterocycles. The van der Waals surface area contributed by atoms with Crippen LogP contribution in [0.3, 0.4) is 0 Å². The van der Waals surface area contributed by atoms with Gasteiger partial charge < -0.3 is 28.4 Å². The summed E-state index contributed by atoms with van der Waals surface area (Å²) in [5, 5.41) is 0. The van der Waals surface area contributed by atoms with E-state index in [0.29, 0.717) is 23.5 Å². The zero-order chi connectivity index (χ0) is 20.8. The molecule has 1 aliphatic rings. The van der Waals surface area contributed by atoms with Crippen LogP contribution in [0.25, 0.3) is 11.1 Å². The van der Waals surface area contributed by atoms with E-state index in [1.54, 1.807) is 31.4 Å². The van der Waals surface area contributed by atoms with Crippen LogP contribution < -0.4 is 14.2 Å². The predicted molar refractivity (Wildman–Crippen MR) is 102 cm³/mol. The molecule has 0 unspecified atom stereocenters. The van der Waals surface area contributed by atoms with E-state index in [-0.39, 0.29) is 37.3 Å². The number of rotatable bonds is 9. The van der Waals surface area contributed by atoms with Crippen LogP contribution in [0.15, 0.2) is 30.3 Å². The molecule has 2 aromatic rings. The molecule has 0 aromatic heterocycles. The topological polar surface area (TPSA) is 89.5 Å². The molecular formula is C21H22O8. The fraction of sp³-hybridized carbons (Fsp3) is 0.333. The van der Waals surface area contributed by atoms with Crippen LogP contribution in [-0.4, -0.2) is 53.1 Å². The van der Waals surface area contributed by atoms with Gasteiger partial charge in [-0.15, -0.1) is 0 Å². The lowest BCUT2D eigenvalue weighted by molar-refractivity contribution is -0.140. The second-order valence-corrected chi connectivity index (χ2v) is 6.15. The van der Waals surface area contributed by atoms with Crippen LogP contribution >= 0.6 is 0 Å². The summed E-state index contributed by atoms with van der Waals surface area (Å²) in [6, 6.07) is 8.76. The highest BCUT2D eigenvalue weighted by Gasteiger charge is 2.24. The van der Waals surface area contributed by atoms with Crippen LogP contribution in [0.4, 0.5) is 0 Å². The van der Waals surface area contributed by atoms with Crippen molar-refractivity contribution >= 4 is 11.9 Å². The average molecular weight is 402 g/mol. The zero-order valence-corrected chi connectivity index (χ0v) is 16.5. The normalized spacial score (nSPS) is 12.3. The number of ether oxygens (including phenoxy) is 6. The smallest absolute Gasteiger partial charge is 0.338 e. The lowest BCUT2D eigenvalue weighted by Gasteiger charge is -2.17. The van der Waals surface area contributed by atoms with Gasteiger partial charge in [0, 0.05) is 18.2 Å². The Morgan fingerprint density at radius 1 is 1.00 bits per heavy atom. The molecule has 0 N–H and O–H groups in total. The maximum Gasteiger partial charge on any atom is 0.338 e. The molecule has 0 radical (unpaired) electrons. The summed E-state index contributed by atoms with van der Waals surface area (Å²) in [5.41, 5.74) is 2.64. The highest BCUT2D eigenvalue weighted by molar-refractivity contribution is 5.94. The third-order valence-corrected chi connectivity index (χ3v) is 4.36. The molecule has 8 nitrogen and oxygen atoms in total. The van der Waals surface area contributed by atoms with Gasteiger partial charge in [0.1, 0.15) is 13.2 Å². The first-order valence-electron chi connectivity index (χ1n) is 8.91. The van der Waals surface area contributed by atoms with Crippen molar-refractivity contribution in [3.63, 3.8) is 0 Å². The first-order chi connectivity index (χ1) is 14.1. The van der Waals surface area contributed by atoms with Gasteiger partial charge in [0.2, 0.25) is 5.75 Å². The van der Waals surface area contributed by atoms with Gasteiger partial charge in [-0.3, -0.25) is 0 Å². The Balaban J connectivity index is 1.95. The van der Waals surface area contributed by atoms with E-state index in [0.717, 1.165) is 11.1 Å². The van der Waals surface area contributed by atoms with E-state index in [1.807, 2.05) is 6.07 Å². The fourth-order valence-electron chi connectivity index (χ4n) is 2.97. The second kappa shape index (κ2) is 9.40. The molecular weight excluding hydrogens is 380 g/mol. The van der Waals surface area contributed by atoms with Crippen molar-refractivity contribution in [2.24, 2.45) is 0 Å². The van der Waals surface area contributed by atoms with Crippen molar-refractivity contribution in [3.05, 3.63) is 41.5 Å². The molecule has 8 heteroatoms.